The van der Waals surface area contributed by atoms with Crippen molar-refractivity contribution in [3.63, 3.8) is 0 Å². The zero-order chi connectivity index (χ0) is 15.7. The summed E-state index contributed by atoms with van der Waals surface area (Å²) in [6, 6.07) is 5.83. The van der Waals surface area contributed by atoms with Crippen LogP contribution in [0.2, 0.25) is 0 Å². The number of aryl methyl sites for hydroxylation is 1. The number of hydrogen-bond donors (Lipinski definition) is 2. The molecule has 0 saturated carbocycles. The van der Waals surface area contributed by atoms with Gasteiger partial charge in [0.15, 0.2) is 0 Å². The fourth-order valence-electron chi connectivity index (χ4n) is 2.08. The Morgan fingerprint density at radius 2 is 2.05 bits per heavy atom. The number of amides is 1. The Morgan fingerprint density at radius 3 is 2.67 bits per heavy atom. The first-order chi connectivity index (χ1) is 10.0. The summed E-state index contributed by atoms with van der Waals surface area (Å²) in [7, 11) is 0. The fourth-order valence-corrected chi connectivity index (χ4v) is 2.08. The summed E-state index contributed by atoms with van der Waals surface area (Å²) in [6.07, 6.45) is 2.18. The lowest BCUT2D eigenvalue weighted by atomic mass is 10.1. The van der Waals surface area contributed by atoms with Crippen molar-refractivity contribution in [3.05, 3.63) is 29.3 Å². The number of rotatable bonds is 9. The van der Waals surface area contributed by atoms with Crippen LogP contribution in [0.25, 0.3) is 0 Å². The summed E-state index contributed by atoms with van der Waals surface area (Å²) in [5.74, 6) is 0.000302. The number of anilines is 1. The number of hydrogen-bond acceptors (Lipinski definition) is 3. The van der Waals surface area contributed by atoms with E-state index in [4.69, 9.17) is 4.74 Å². The second-order valence-electron chi connectivity index (χ2n) is 5.44. The molecule has 1 aromatic carbocycles. The predicted molar refractivity (Wildman–Crippen MR) is 88.0 cm³/mol. The molecule has 21 heavy (non-hydrogen) atoms. The van der Waals surface area contributed by atoms with Crippen molar-refractivity contribution in [3.8, 4) is 0 Å². The van der Waals surface area contributed by atoms with Gasteiger partial charge in [-0.1, -0.05) is 0 Å². The molecule has 0 spiro atoms. The largest absolute Gasteiger partial charge is 0.385 e. The lowest BCUT2D eigenvalue weighted by Crippen LogP contribution is -2.25. The quantitative estimate of drug-likeness (QED) is 0.686. The minimum Gasteiger partial charge on any atom is -0.385 e. The molecule has 0 heterocycles. The Kier molecular flexibility index (Phi) is 7.83. The predicted octanol–water partition coefficient (Wildman–Crippen LogP) is 3.36. The van der Waals surface area contributed by atoms with Crippen molar-refractivity contribution < 1.29 is 9.53 Å². The molecule has 0 radical (unpaired) electrons. The van der Waals surface area contributed by atoms with Gasteiger partial charge < -0.3 is 15.4 Å². The second-order valence-corrected chi connectivity index (χ2v) is 5.44. The third-order valence-corrected chi connectivity index (χ3v) is 3.16. The molecule has 0 aliphatic heterocycles. The van der Waals surface area contributed by atoms with E-state index in [-0.39, 0.29) is 12.0 Å². The lowest BCUT2D eigenvalue weighted by molar-refractivity contribution is 0.0754. The Hall–Kier alpha value is -1.55. The smallest absolute Gasteiger partial charge is 0.251 e. The van der Waals surface area contributed by atoms with Gasteiger partial charge in [-0.05, 0) is 64.3 Å². The molecule has 0 aliphatic carbocycles. The summed E-state index contributed by atoms with van der Waals surface area (Å²) in [5.41, 5.74) is 2.79. The highest BCUT2D eigenvalue weighted by Gasteiger charge is 2.08. The van der Waals surface area contributed by atoms with Crippen LogP contribution in [0.1, 0.15) is 49.5 Å². The minimum atomic E-state index is 0.000302. The van der Waals surface area contributed by atoms with Crippen LogP contribution < -0.4 is 10.6 Å². The third kappa shape index (κ3) is 6.63. The van der Waals surface area contributed by atoms with E-state index in [9.17, 15) is 4.79 Å². The topological polar surface area (TPSA) is 50.4 Å². The van der Waals surface area contributed by atoms with Gasteiger partial charge in [0.25, 0.3) is 5.91 Å². The van der Waals surface area contributed by atoms with Crippen LogP contribution in [-0.2, 0) is 4.74 Å². The first-order valence-electron chi connectivity index (χ1n) is 7.79. The zero-order valence-corrected chi connectivity index (χ0v) is 13.7. The summed E-state index contributed by atoms with van der Waals surface area (Å²) < 4.78 is 5.47. The van der Waals surface area contributed by atoms with Crippen molar-refractivity contribution in [2.75, 3.05) is 25.0 Å². The first kappa shape index (κ1) is 17.5. The minimum absolute atomic E-state index is 0.000302. The normalized spacial score (nSPS) is 10.7. The molecule has 0 atom stereocenters. The van der Waals surface area contributed by atoms with E-state index in [2.05, 4.69) is 17.6 Å². The molecule has 118 valence electrons. The maximum Gasteiger partial charge on any atom is 0.251 e. The monoisotopic (exact) mass is 292 g/mol. The van der Waals surface area contributed by atoms with E-state index in [1.165, 1.54) is 0 Å². The van der Waals surface area contributed by atoms with E-state index in [1.54, 1.807) is 0 Å². The molecule has 0 fully saturated rings. The molecule has 0 unspecified atom stereocenters. The Labute approximate surface area is 128 Å². The van der Waals surface area contributed by atoms with E-state index in [0.29, 0.717) is 6.54 Å². The van der Waals surface area contributed by atoms with E-state index >= 15 is 0 Å². The highest BCUT2D eigenvalue weighted by atomic mass is 16.5. The maximum absolute atomic E-state index is 12.1. The standard InChI is InChI=1S/C17H28N2O2/c1-5-18-15-8-9-16(14(4)12-15)17(20)19-10-6-7-11-21-13(2)3/h8-9,12-13,18H,5-7,10-11H2,1-4H3,(H,19,20). The van der Waals surface area contributed by atoms with Gasteiger partial charge in [0.05, 0.1) is 6.10 Å². The highest BCUT2D eigenvalue weighted by molar-refractivity contribution is 5.96. The lowest BCUT2D eigenvalue weighted by Gasteiger charge is -2.11. The molecule has 2 N–H and O–H groups in total. The SMILES string of the molecule is CCNc1ccc(C(=O)NCCCCOC(C)C)c(C)c1. The number of carbonyl (C=O) groups is 1. The molecule has 4 nitrogen and oxygen atoms in total. The van der Waals surface area contributed by atoms with Crippen molar-refractivity contribution >= 4 is 11.6 Å². The van der Waals surface area contributed by atoms with Crippen LogP contribution in [0, 0.1) is 6.92 Å². The molecular weight excluding hydrogens is 264 g/mol. The molecule has 0 saturated heterocycles. The number of ether oxygens (including phenoxy) is 1. The average molecular weight is 292 g/mol. The Bertz CT molecular complexity index is 444. The van der Waals surface area contributed by atoms with Crippen molar-refractivity contribution in [2.45, 2.75) is 46.6 Å². The van der Waals surface area contributed by atoms with Crippen LogP contribution in [0.5, 0.6) is 0 Å². The molecule has 4 heteroatoms. The zero-order valence-electron chi connectivity index (χ0n) is 13.7. The van der Waals surface area contributed by atoms with Crippen molar-refractivity contribution in [1.82, 2.24) is 5.32 Å². The van der Waals surface area contributed by atoms with E-state index < -0.39 is 0 Å². The summed E-state index contributed by atoms with van der Waals surface area (Å²) >= 11 is 0. The number of nitrogens with one attached hydrogen (secondary N) is 2. The number of unbranched alkanes of at least 4 members (excludes halogenated alkanes) is 1. The molecule has 0 aromatic heterocycles. The molecule has 1 aromatic rings. The van der Waals surface area contributed by atoms with Crippen LogP contribution in [0.4, 0.5) is 5.69 Å². The van der Waals surface area contributed by atoms with Gasteiger partial charge >= 0.3 is 0 Å². The molecule has 0 aliphatic rings. The molecular formula is C17H28N2O2. The van der Waals surface area contributed by atoms with Gasteiger partial charge in [0.2, 0.25) is 0 Å². The van der Waals surface area contributed by atoms with Crippen LogP contribution in [-0.4, -0.2) is 31.7 Å². The molecule has 1 amide bonds. The van der Waals surface area contributed by atoms with Gasteiger partial charge in [-0.2, -0.15) is 0 Å². The van der Waals surface area contributed by atoms with Crippen molar-refractivity contribution in [1.29, 1.82) is 0 Å². The van der Waals surface area contributed by atoms with Crippen LogP contribution in [0.3, 0.4) is 0 Å². The average Bonchev–Trinajstić information content (AvgIpc) is 2.42. The van der Waals surface area contributed by atoms with E-state index in [1.807, 2.05) is 39.0 Å². The van der Waals surface area contributed by atoms with Gasteiger partial charge in [0.1, 0.15) is 0 Å². The van der Waals surface area contributed by atoms with Gasteiger partial charge in [-0.25, -0.2) is 0 Å². The van der Waals surface area contributed by atoms with E-state index in [0.717, 1.165) is 42.8 Å². The number of benzene rings is 1. The first-order valence-corrected chi connectivity index (χ1v) is 7.79. The third-order valence-electron chi connectivity index (χ3n) is 3.16. The Balaban J connectivity index is 2.35. The second kappa shape index (κ2) is 9.40. The summed E-state index contributed by atoms with van der Waals surface area (Å²) in [5, 5.41) is 6.21. The molecule has 1 rings (SSSR count). The highest BCUT2D eigenvalue weighted by Crippen LogP contribution is 2.15. The fraction of sp³-hybridized carbons (Fsp3) is 0.588. The van der Waals surface area contributed by atoms with Crippen molar-refractivity contribution in [2.24, 2.45) is 0 Å². The van der Waals surface area contributed by atoms with Gasteiger partial charge in [0, 0.05) is 30.9 Å². The van der Waals surface area contributed by atoms with Gasteiger partial charge in [-0.15, -0.1) is 0 Å². The molecule has 0 bridgehead atoms. The van der Waals surface area contributed by atoms with Gasteiger partial charge in [-0.3, -0.25) is 4.79 Å². The summed E-state index contributed by atoms with van der Waals surface area (Å²) in [4.78, 5) is 12.1. The van der Waals surface area contributed by atoms with Crippen LogP contribution in [0.15, 0.2) is 18.2 Å². The Morgan fingerprint density at radius 1 is 1.29 bits per heavy atom. The maximum atomic E-state index is 12.1. The van der Waals surface area contributed by atoms with Crippen LogP contribution >= 0.6 is 0 Å². The summed E-state index contributed by atoms with van der Waals surface area (Å²) in [6.45, 7) is 10.4. The number of carbonyl (C=O) groups excluding carboxylic acids is 1.